The molecule has 0 aliphatic heterocycles. The fourth-order valence-corrected chi connectivity index (χ4v) is 2.66. The molecule has 0 spiro atoms. The Balaban J connectivity index is 1.49. The number of halogens is 2. The lowest BCUT2D eigenvalue weighted by Crippen LogP contribution is -2.37. The largest absolute Gasteiger partial charge is 0.356 e. The topological polar surface area (TPSA) is 75.3 Å². The third kappa shape index (κ3) is 5.52. The molecular formula is C19H19ClFN5O. The van der Waals surface area contributed by atoms with Crippen molar-refractivity contribution in [1.82, 2.24) is 20.8 Å². The van der Waals surface area contributed by atoms with Gasteiger partial charge in [0.2, 0.25) is 11.7 Å². The predicted molar refractivity (Wildman–Crippen MR) is 103 cm³/mol. The van der Waals surface area contributed by atoms with Gasteiger partial charge in [0.1, 0.15) is 5.82 Å². The first kappa shape index (κ1) is 18.8. The Morgan fingerprint density at radius 1 is 1.19 bits per heavy atom. The molecule has 6 nitrogen and oxygen atoms in total. The van der Waals surface area contributed by atoms with Crippen LogP contribution in [0.2, 0.25) is 5.02 Å². The van der Waals surface area contributed by atoms with Crippen molar-refractivity contribution >= 4 is 17.6 Å². The molecule has 0 aliphatic rings. The average molecular weight is 388 g/mol. The van der Waals surface area contributed by atoms with Crippen LogP contribution in [0.1, 0.15) is 11.5 Å². The molecule has 8 heteroatoms. The second-order valence-corrected chi connectivity index (χ2v) is 6.19. The van der Waals surface area contributed by atoms with E-state index in [-0.39, 0.29) is 5.82 Å². The first-order valence-electron chi connectivity index (χ1n) is 8.41. The summed E-state index contributed by atoms with van der Waals surface area (Å²) in [6.45, 7) is 0.938. The molecule has 1 aromatic heterocycles. The average Bonchev–Trinajstić information content (AvgIpc) is 3.14. The summed E-state index contributed by atoms with van der Waals surface area (Å²) in [7, 11) is 1.67. The smallest absolute Gasteiger partial charge is 0.246 e. The highest BCUT2D eigenvalue weighted by atomic mass is 35.5. The summed E-state index contributed by atoms with van der Waals surface area (Å²) in [4.78, 5) is 8.48. The van der Waals surface area contributed by atoms with Crippen LogP contribution in [0.4, 0.5) is 4.39 Å². The maximum Gasteiger partial charge on any atom is 0.246 e. The van der Waals surface area contributed by atoms with Crippen molar-refractivity contribution in [3.05, 3.63) is 70.8 Å². The van der Waals surface area contributed by atoms with Gasteiger partial charge in [-0.1, -0.05) is 41.0 Å². The Hall–Kier alpha value is -2.93. The van der Waals surface area contributed by atoms with Crippen molar-refractivity contribution in [3.8, 4) is 11.4 Å². The van der Waals surface area contributed by atoms with Gasteiger partial charge in [-0.3, -0.25) is 4.99 Å². The summed E-state index contributed by atoms with van der Waals surface area (Å²) < 4.78 is 18.4. The normalized spacial score (nSPS) is 11.4. The van der Waals surface area contributed by atoms with E-state index in [4.69, 9.17) is 16.1 Å². The molecule has 3 rings (SSSR count). The highest BCUT2D eigenvalue weighted by molar-refractivity contribution is 6.30. The van der Waals surface area contributed by atoms with Gasteiger partial charge in [-0.25, -0.2) is 4.39 Å². The monoisotopic (exact) mass is 387 g/mol. The van der Waals surface area contributed by atoms with Gasteiger partial charge in [-0.15, -0.1) is 0 Å². The molecule has 27 heavy (non-hydrogen) atoms. The highest BCUT2D eigenvalue weighted by Crippen LogP contribution is 2.19. The molecule has 0 bridgehead atoms. The van der Waals surface area contributed by atoms with Crippen LogP contribution < -0.4 is 10.6 Å². The van der Waals surface area contributed by atoms with Gasteiger partial charge in [0.25, 0.3) is 0 Å². The van der Waals surface area contributed by atoms with Crippen molar-refractivity contribution < 1.29 is 8.91 Å². The molecule has 1 heterocycles. The predicted octanol–water partition coefficient (Wildman–Crippen LogP) is 3.44. The summed E-state index contributed by atoms with van der Waals surface area (Å²) >= 11 is 5.98. The molecule has 0 aliphatic carbocycles. The number of aromatic nitrogens is 2. The Kier molecular flexibility index (Phi) is 6.38. The maximum atomic E-state index is 13.2. The minimum atomic E-state index is -0.234. The van der Waals surface area contributed by atoms with Crippen LogP contribution in [0.5, 0.6) is 0 Å². The first-order valence-corrected chi connectivity index (χ1v) is 8.79. The van der Waals surface area contributed by atoms with Crippen molar-refractivity contribution in [2.45, 2.75) is 13.0 Å². The standard InChI is InChI=1S/C19H19ClFN5O/c1-22-19(23-9-8-13-4-2-7-16(21)10-13)24-12-17-25-18(26-27-17)14-5-3-6-15(20)11-14/h2-7,10-11H,8-9,12H2,1H3,(H2,22,23,24). The second-order valence-electron chi connectivity index (χ2n) is 5.75. The molecule has 0 saturated heterocycles. The zero-order valence-corrected chi connectivity index (χ0v) is 15.5. The van der Waals surface area contributed by atoms with E-state index >= 15 is 0 Å². The van der Waals surface area contributed by atoms with Crippen LogP contribution in [-0.4, -0.2) is 29.7 Å². The van der Waals surface area contributed by atoms with E-state index in [0.29, 0.717) is 42.2 Å². The number of guanidine groups is 1. The fraction of sp³-hybridized carbons (Fsp3) is 0.211. The summed E-state index contributed by atoms with van der Waals surface area (Å²) in [5, 5.41) is 10.8. The Bertz CT molecular complexity index is 928. The molecule has 0 unspecified atom stereocenters. The zero-order chi connectivity index (χ0) is 19.1. The number of nitrogens with zero attached hydrogens (tertiary/aromatic N) is 3. The minimum Gasteiger partial charge on any atom is -0.356 e. The van der Waals surface area contributed by atoms with Crippen LogP contribution >= 0.6 is 11.6 Å². The van der Waals surface area contributed by atoms with E-state index in [1.54, 1.807) is 25.2 Å². The number of hydrogen-bond acceptors (Lipinski definition) is 4. The van der Waals surface area contributed by atoms with Crippen LogP contribution in [-0.2, 0) is 13.0 Å². The number of benzene rings is 2. The van der Waals surface area contributed by atoms with Crippen molar-refractivity contribution in [2.75, 3.05) is 13.6 Å². The maximum absolute atomic E-state index is 13.2. The first-order chi connectivity index (χ1) is 13.1. The summed E-state index contributed by atoms with van der Waals surface area (Å²) in [5.41, 5.74) is 1.70. The molecule has 3 aromatic rings. The Morgan fingerprint density at radius 2 is 2.04 bits per heavy atom. The van der Waals surface area contributed by atoms with E-state index < -0.39 is 0 Å². The van der Waals surface area contributed by atoms with Crippen molar-refractivity contribution in [2.24, 2.45) is 4.99 Å². The fourth-order valence-electron chi connectivity index (χ4n) is 2.47. The van der Waals surface area contributed by atoms with Gasteiger partial charge in [0.05, 0.1) is 6.54 Å². The number of aliphatic imine (C=N–C) groups is 1. The molecule has 0 radical (unpaired) electrons. The quantitative estimate of drug-likeness (QED) is 0.500. The summed E-state index contributed by atoms with van der Waals surface area (Å²) in [5.74, 6) is 1.26. The van der Waals surface area contributed by atoms with Crippen molar-refractivity contribution in [1.29, 1.82) is 0 Å². The SMILES string of the molecule is CN=C(NCCc1cccc(F)c1)NCc1nc(-c2cccc(Cl)c2)no1. The van der Waals surface area contributed by atoms with E-state index in [1.807, 2.05) is 18.2 Å². The van der Waals surface area contributed by atoms with E-state index in [1.165, 1.54) is 12.1 Å². The molecule has 0 saturated carbocycles. The molecule has 0 atom stereocenters. The van der Waals surface area contributed by atoms with Crippen LogP contribution in [0.3, 0.4) is 0 Å². The number of hydrogen-bond donors (Lipinski definition) is 2. The summed E-state index contributed by atoms with van der Waals surface area (Å²) in [6, 6.07) is 13.8. The minimum absolute atomic E-state index is 0.234. The van der Waals surface area contributed by atoms with Gasteiger partial charge >= 0.3 is 0 Å². The van der Waals surface area contributed by atoms with Crippen LogP contribution in [0.25, 0.3) is 11.4 Å². The van der Waals surface area contributed by atoms with Crippen LogP contribution in [0, 0.1) is 5.82 Å². The van der Waals surface area contributed by atoms with Gasteiger partial charge in [0, 0.05) is 24.2 Å². The number of rotatable bonds is 6. The summed E-state index contributed by atoms with van der Waals surface area (Å²) in [6.07, 6.45) is 0.679. The zero-order valence-electron chi connectivity index (χ0n) is 14.7. The third-order valence-corrected chi connectivity index (χ3v) is 4.01. The van der Waals surface area contributed by atoms with Crippen molar-refractivity contribution in [3.63, 3.8) is 0 Å². The molecule has 2 N–H and O–H groups in total. The highest BCUT2D eigenvalue weighted by Gasteiger charge is 2.09. The van der Waals surface area contributed by atoms with Gasteiger partial charge in [0.15, 0.2) is 5.96 Å². The Labute approximate surface area is 161 Å². The van der Waals surface area contributed by atoms with E-state index in [2.05, 4.69) is 25.8 Å². The van der Waals surface area contributed by atoms with Gasteiger partial charge in [-0.2, -0.15) is 4.98 Å². The third-order valence-electron chi connectivity index (χ3n) is 3.78. The molecule has 2 aromatic carbocycles. The lowest BCUT2D eigenvalue weighted by molar-refractivity contribution is 0.375. The van der Waals surface area contributed by atoms with Crippen LogP contribution in [0.15, 0.2) is 58.0 Å². The van der Waals surface area contributed by atoms with E-state index in [9.17, 15) is 4.39 Å². The lowest BCUT2D eigenvalue weighted by atomic mass is 10.1. The molecular weight excluding hydrogens is 369 g/mol. The van der Waals surface area contributed by atoms with E-state index in [0.717, 1.165) is 11.1 Å². The Morgan fingerprint density at radius 3 is 2.81 bits per heavy atom. The van der Waals surface area contributed by atoms with Gasteiger partial charge in [-0.05, 0) is 36.2 Å². The number of nitrogens with one attached hydrogen (secondary N) is 2. The second kappa shape index (κ2) is 9.14. The molecule has 140 valence electrons. The lowest BCUT2D eigenvalue weighted by Gasteiger charge is -2.10. The molecule has 0 fully saturated rings. The van der Waals surface area contributed by atoms with Gasteiger partial charge < -0.3 is 15.2 Å². The molecule has 0 amide bonds.